The molecule has 3 heterocycles. The number of rotatable bonds is 5. The highest BCUT2D eigenvalue weighted by molar-refractivity contribution is 5.76. The highest BCUT2D eigenvalue weighted by Crippen LogP contribution is 2.22. The zero-order valence-corrected chi connectivity index (χ0v) is 17.5. The molecule has 0 aromatic carbocycles. The van der Waals surface area contributed by atoms with Gasteiger partial charge in [0.1, 0.15) is 12.1 Å². The molecule has 1 aliphatic heterocycles. The van der Waals surface area contributed by atoms with E-state index in [4.69, 9.17) is 4.52 Å². The molecule has 1 amide bonds. The van der Waals surface area contributed by atoms with Gasteiger partial charge in [-0.3, -0.25) is 18.7 Å². The number of aromatic nitrogens is 4. The van der Waals surface area contributed by atoms with E-state index in [1.54, 1.807) is 4.57 Å². The SMILES string of the molecule is CCc1nc(-c2c3n(c(=O)n(CC(=O)NC4CCCCC4)c2=O)CCCCC3)no1. The maximum atomic E-state index is 13.3. The van der Waals surface area contributed by atoms with E-state index in [1.807, 2.05) is 6.92 Å². The fourth-order valence-electron chi connectivity index (χ4n) is 4.50. The highest BCUT2D eigenvalue weighted by Gasteiger charge is 2.26. The fraction of sp³-hybridized carbons (Fsp3) is 0.667. The number of nitrogens with zero attached hydrogens (tertiary/aromatic N) is 4. The van der Waals surface area contributed by atoms with Crippen LogP contribution in [-0.4, -0.2) is 31.2 Å². The smallest absolute Gasteiger partial charge is 0.331 e. The van der Waals surface area contributed by atoms with E-state index < -0.39 is 11.2 Å². The lowest BCUT2D eigenvalue weighted by molar-refractivity contribution is -0.122. The summed E-state index contributed by atoms with van der Waals surface area (Å²) in [5.41, 5.74) is -0.0191. The van der Waals surface area contributed by atoms with Crippen molar-refractivity contribution in [3.05, 3.63) is 32.4 Å². The average Bonchev–Trinajstić information content (AvgIpc) is 3.09. The predicted octanol–water partition coefficient (Wildman–Crippen LogP) is 1.80. The topological polar surface area (TPSA) is 112 Å². The Hall–Kier alpha value is -2.71. The summed E-state index contributed by atoms with van der Waals surface area (Å²) in [7, 11) is 0. The summed E-state index contributed by atoms with van der Waals surface area (Å²) in [6, 6.07) is 0.120. The molecule has 30 heavy (non-hydrogen) atoms. The van der Waals surface area contributed by atoms with Crippen molar-refractivity contribution in [1.82, 2.24) is 24.6 Å². The largest absolute Gasteiger partial charge is 0.352 e. The Balaban J connectivity index is 1.73. The lowest BCUT2D eigenvalue weighted by Gasteiger charge is -2.23. The van der Waals surface area contributed by atoms with Crippen LogP contribution in [0, 0.1) is 0 Å². The summed E-state index contributed by atoms with van der Waals surface area (Å²) in [6.45, 7) is 2.12. The molecule has 1 fully saturated rings. The van der Waals surface area contributed by atoms with E-state index in [0.717, 1.165) is 49.5 Å². The number of hydrogen-bond donors (Lipinski definition) is 1. The number of amides is 1. The fourth-order valence-corrected chi connectivity index (χ4v) is 4.50. The lowest BCUT2D eigenvalue weighted by Crippen LogP contribution is -2.47. The molecular weight excluding hydrogens is 386 g/mol. The Labute approximate surface area is 174 Å². The van der Waals surface area contributed by atoms with Crippen molar-refractivity contribution in [2.45, 2.75) is 90.3 Å². The third-order valence-corrected chi connectivity index (χ3v) is 6.10. The molecule has 1 N–H and O–H groups in total. The van der Waals surface area contributed by atoms with E-state index in [1.165, 1.54) is 6.42 Å². The van der Waals surface area contributed by atoms with E-state index in [-0.39, 0.29) is 29.9 Å². The van der Waals surface area contributed by atoms with Gasteiger partial charge < -0.3 is 9.84 Å². The summed E-state index contributed by atoms with van der Waals surface area (Å²) in [4.78, 5) is 43.5. The maximum Gasteiger partial charge on any atom is 0.331 e. The lowest BCUT2D eigenvalue weighted by atomic mass is 9.95. The van der Waals surface area contributed by atoms with Crippen LogP contribution in [0.1, 0.15) is 69.9 Å². The number of nitrogens with one attached hydrogen (secondary N) is 1. The summed E-state index contributed by atoms with van der Waals surface area (Å²) in [6.07, 6.45) is 9.12. The summed E-state index contributed by atoms with van der Waals surface area (Å²) < 4.78 is 7.88. The molecule has 1 saturated carbocycles. The second-order valence-electron chi connectivity index (χ2n) is 8.23. The molecule has 0 bridgehead atoms. The molecule has 2 aromatic heterocycles. The van der Waals surface area contributed by atoms with Crippen molar-refractivity contribution < 1.29 is 9.32 Å². The monoisotopic (exact) mass is 415 g/mol. The van der Waals surface area contributed by atoms with Crippen LogP contribution in [0.3, 0.4) is 0 Å². The van der Waals surface area contributed by atoms with Gasteiger partial charge in [-0.05, 0) is 32.1 Å². The van der Waals surface area contributed by atoms with Crippen molar-refractivity contribution >= 4 is 5.91 Å². The molecule has 0 spiro atoms. The zero-order valence-electron chi connectivity index (χ0n) is 17.5. The van der Waals surface area contributed by atoms with E-state index >= 15 is 0 Å². The molecule has 162 valence electrons. The second kappa shape index (κ2) is 8.97. The van der Waals surface area contributed by atoms with Gasteiger partial charge >= 0.3 is 5.69 Å². The van der Waals surface area contributed by atoms with Gasteiger partial charge in [0, 0.05) is 24.7 Å². The first kappa shape index (κ1) is 20.6. The van der Waals surface area contributed by atoms with Crippen LogP contribution >= 0.6 is 0 Å². The van der Waals surface area contributed by atoms with Crippen molar-refractivity contribution in [3.8, 4) is 11.4 Å². The molecule has 0 unspecified atom stereocenters. The van der Waals surface area contributed by atoms with Crippen LogP contribution < -0.4 is 16.6 Å². The predicted molar refractivity (Wildman–Crippen MR) is 110 cm³/mol. The first-order valence-electron chi connectivity index (χ1n) is 11.1. The second-order valence-corrected chi connectivity index (χ2v) is 8.23. The molecule has 0 atom stereocenters. The van der Waals surface area contributed by atoms with Crippen LogP contribution in [-0.2, 0) is 30.7 Å². The van der Waals surface area contributed by atoms with Gasteiger partial charge in [-0.25, -0.2) is 4.79 Å². The van der Waals surface area contributed by atoms with Crippen molar-refractivity contribution in [2.75, 3.05) is 0 Å². The molecule has 9 heteroatoms. The molecule has 1 aliphatic carbocycles. The number of aryl methyl sites for hydroxylation is 1. The quantitative estimate of drug-likeness (QED) is 0.797. The minimum Gasteiger partial charge on any atom is -0.352 e. The van der Waals surface area contributed by atoms with Gasteiger partial charge in [-0.15, -0.1) is 0 Å². The number of fused-ring (bicyclic) bond motifs is 1. The van der Waals surface area contributed by atoms with Gasteiger partial charge in [0.2, 0.25) is 17.6 Å². The standard InChI is InChI=1S/C21H29N5O4/c1-2-17-23-19(24-30-17)18-15-11-7-4-8-12-25(15)21(29)26(20(18)28)13-16(27)22-14-9-5-3-6-10-14/h14H,2-13H2,1H3,(H,22,27). The van der Waals surface area contributed by atoms with E-state index in [0.29, 0.717) is 31.0 Å². The normalized spacial score (nSPS) is 17.4. The van der Waals surface area contributed by atoms with Crippen LogP contribution in [0.25, 0.3) is 11.4 Å². The zero-order chi connectivity index (χ0) is 21.1. The summed E-state index contributed by atoms with van der Waals surface area (Å²) in [5, 5.41) is 6.98. The van der Waals surface area contributed by atoms with Gasteiger partial charge in [0.15, 0.2) is 0 Å². The van der Waals surface area contributed by atoms with E-state index in [2.05, 4.69) is 15.5 Å². The van der Waals surface area contributed by atoms with Gasteiger partial charge in [-0.1, -0.05) is 37.8 Å². The first-order chi connectivity index (χ1) is 14.6. The Bertz CT molecular complexity index is 1030. The van der Waals surface area contributed by atoms with Crippen molar-refractivity contribution in [2.24, 2.45) is 0 Å². The maximum absolute atomic E-state index is 13.3. The Kier molecular flexibility index (Phi) is 6.15. The average molecular weight is 415 g/mol. The van der Waals surface area contributed by atoms with Crippen LogP contribution in [0.15, 0.2) is 14.1 Å². The molecule has 0 saturated heterocycles. The molecule has 2 aromatic rings. The van der Waals surface area contributed by atoms with Crippen molar-refractivity contribution in [1.29, 1.82) is 0 Å². The van der Waals surface area contributed by atoms with Gasteiger partial charge in [0.25, 0.3) is 5.56 Å². The number of hydrogen-bond acceptors (Lipinski definition) is 6. The van der Waals surface area contributed by atoms with E-state index in [9.17, 15) is 14.4 Å². The van der Waals surface area contributed by atoms with Gasteiger partial charge in [-0.2, -0.15) is 4.98 Å². The number of carbonyl (C=O) groups is 1. The van der Waals surface area contributed by atoms with Crippen LogP contribution in [0.5, 0.6) is 0 Å². The van der Waals surface area contributed by atoms with Crippen LogP contribution in [0.4, 0.5) is 0 Å². The molecule has 9 nitrogen and oxygen atoms in total. The minimum absolute atomic E-state index is 0.120. The van der Waals surface area contributed by atoms with Crippen LogP contribution in [0.2, 0.25) is 0 Å². The molecule has 0 radical (unpaired) electrons. The Morgan fingerprint density at radius 2 is 1.90 bits per heavy atom. The Morgan fingerprint density at radius 3 is 2.63 bits per heavy atom. The highest BCUT2D eigenvalue weighted by atomic mass is 16.5. The third-order valence-electron chi connectivity index (χ3n) is 6.10. The summed E-state index contributed by atoms with van der Waals surface area (Å²) >= 11 is 0. The Morgan fingerprint density at radius 1 is 1.13 bits per heavy atom. The third kappa shape index (κ3) is 4.11. The molecule has 4 rings (SSSR count). The molecule has 2 aliphatic rings. The molecular formula is C21H29N5O4. The first-order valence-corrected chi connectivity index (χ1v) is 11.1. The van der Waals surface area contributed by atoms with Gasteiger partial charge in [0.05, 0.1) is 0 Å². The number of carbonyl (C=O) groups excluding carboxylic acids is 1. The van der Waals surface area contributed by atoms with Crippen molar-refractivity contribution in [3.63, 3.8) is 0 Å². The summed E-state index contributed by atoms with van der Waals surface area (Å²) in [5.74, 6) is 0.331. The minimum atomic E-state index is -0.518.